The van der Waals surface area contributed by atoms with Gasteiger partial charge in [-0.2, -0.15) is 0 Å². The number of carbonyl (C=O) groups is 1. The van der Waals surface area contributed by atoms with E-state index >= 15 is 0 Å². The molecule has 0 heterocycles. The van der Waals surface area contributed by atoms with Gasteiger partial charge in [0.2, 0.25) is 0 Å². The van der Waals surface area contributed by atoms with Gasteiger partial charge < -0.3 is 20.4 Å². The molecule has 5 nitrogen and oxygen atoms in total. The Morgan fingerprint density at radius 3 is 2.52 bits per heavy atom. The van der Waals surface area contributed by atoms with Gasteiger partial charge in [0.25, 0.3) is 0 Å². The van der Waals surface area contributed by atoms with Crippen LogP contribution in [0.15, 0.2) is 0 Å². The lowest BCUT2D eigenvalue weighted by molar-refractivity contribution is -0.211. The van der Waals surface area contributed by atoms with E-state index in [1.807, 2.05) is 0 Å². The summed E-state index contributed by atoms with van der Waals surface area (Å²) in [5, 5.41) is 42.8. The fraction of sp³-hybridized carbons (Fsp3) is 0.885. The average Bonchev–Trinajstić information content (AvgIpc) is 3.07. The number of aliphatic hydroxyl groups excluding tert-OH is 2. The van der Waals surface area contributed by atoms with E-state index in [-0.39, 0.29) is 52.8 Å². The Bertz CT molecular complexity index is 759. The van der Waals surface area contributed by atoms with Gasteiger partial charge in [-0.05, 0) is 97.7 Å². The van der Waals surface area contributed by atoms with E-state index in [4.69, 9.17) is 11.5 Å². The number of rotatable bonds is 4. The van der Waals surface area contributed by atoms with Gasteiger partial charge in [0.15, 0.2) is 0 Å². The molecule has 0 radical (unpaired) electrons. The predicted molar refractivity (Wildman–Crippen MR) is 118 cm³/mol. The molecule has 4 saturated carbocycles. The molecule has 4 fully saturated rings. The molecule has 11 atom stereocenters. The Morgan fingerprint density at radius 2 is 1.87 bits per heavy atom. The number of aliphatic hydroxyl groups is 3. The standard InChI is InChI=1S/C26H40O5/c1-5-26(31)11-10-24(3)16(14-26)12-20(27)23-18-8-7-17(15(2)6-9-22(29)30)25(18,4)21(28)13-19(23)24/h1,15-21,23,27-28,31H,6-14H2,2-4H3,(H,29,30)/t15-,16-,17-,18+,19+,20-,21+,23+,24+,25-,26-/m1/s1. The van der Waals surface area contributed by atoms with Crippen LogP contribution in [-0.4, -0.2) is 44.2 Å². The van der Waals surface area contributed by atoms with E-state index < -0.39 is 23.8 Å². The number of terminal acetylenes is 1. The maximum Gasteiger partial charge on any atom is 0.303 e. The Balaban J connectivity index is 1.61. The van der Waals surface area contributed by atoms with Crippen LogP contribution in [-0.2, 0) is 4.79 Å². The molecule has 4 rings (SSSR count). The van der Waals surface area contributed by atoms with E-state index in [0.29, 0.717) is 32.1 Å². The Labute approximate surface area is 186 Å². The molecule has 174 valence electrons. The smallest absolute Gasteiger partial charge is 0.303 e. The van der Waals surface area contributed by atoms with Crippen molar-refractivity contribution in [1.82, 2.24) is 0 Å². The minimum absolute atomic E-state index is 0.0255. The van der Waals surface area contributed by atoms with E-state index in [2.05, 4.69) is 26.7 Å². The summed E-state index contributed by atoms with van der Waals surface area (Å²) in [5.74, 6) is 3.15. The molecule has 0 saturated heterocycles. The summed E-state index contributed by atoms with van der Waals surface area (Å²) in [6.45, 7) is 6.64. The molecule has 0 bridgehead atoms. The van der Waals surface area contributed by atoms with Crippen LogP contribution in [0.25, 0.3) is 0 Å². The molecule has 0 aromatic rings. The van der Waals surface area contributed by atoms with Crippen molar-refractivity contribution in [1.29, 1.82) is 0 Å². The normalized spacial score (nSPS) is 52.4. The number of carboxylic acid groups (broad SMARTS) is 1. The molecule has 0 spiro atoms. The summed E-state index contributed by atoms with van der Waals surface area (Å²) >= 11 is 0. The first kappa shape index (κ1) is 23.1. The molecule has 0 aromatic carbocycles. The van der Waals surface area contributed by atoms with Gasteiger partial charge in [0, 0.05) is 6.42 Å². The first-order valence-electron chi connectivity index (χ1n) is 12.2. The first-order valence-corrected chi connectivity index (χ1v) is 12.2. The van der Waals surface area contributed by atoms with Crippen LogP contribution in [0.1, 0.15) is 78.6 Å². The summed E-state index contributed by atoms with van der Waals surface area (Å²) in [6.07, 6.45) is 10.8. The Kier molecular flexibility index (Phi) is 5.77. The lowest BCUT2D eigenvalue weighted by atomic mass is 9.42. The molecule has 5 heteroatoms. The van der Waals surface area contributed by atoms with E-state index in [9.17, 15) is 20.1 Å². The van der Waals surface area contributed by atoms with Gasteiger partial charge in [-0.3, -0.25) is 4.79 Å². The van der Waals surface area contributed by atoms with Gasteiger partial charge in [0.05, 0.1) is 12.2 Å². The zero-order chi connectivity index (χ0) is 22.8. The fourth-order valence-electron chi connectivity index (χ4n) is 8.83. The van der Waals surface area contributed by atoms with Crippen molar-refractivity contribution in [2.45, 2.75) is 96.4 Å². The molecule has 0 aromatic heterocycles. The van der Waals surface area contributed by atoms with Crippen molar-refractivity contribution >= 4 is 5.97 Å². The van der Waals surface area contributed by atoms with E-state index in [0.717, 1.165) is 19.3 Å². The van der Waals surface area contributed by atoms with Gasteiger partial charge in [-0.1, -0.05) is 26.7 Å². The maximum absolute atomic E-state index is 11.5. The van der Waals surface area contributed by atoms with Crippen LogP contribution in [0, 0.1) is 58.7 Å². The summed E-state index contributed by atoms with van der Waals surface area (Å²) in [4.78, 5) is 11.1. The number of carboxylic acids is 1. The van der Waals surface area contributed by atoms with Crippen LogP contribution < -0.4 is 0 Å². The highest BCUT2D eigenvalue weighted by Crippen LogP contribution is 2.68. The number of hydrogen-bond acceptors (Lipinski definition) is 4. The quantitative estimate of drug-likeness (QED) is 0.510. The fourth-order valence-corrected chi connectivity index (χ4v) is 8.83. The van der Waals surface area contributed by atoms with Gasteiger partial charge >= 0.3 is 5.97 Å². The monoisotopic (exact) mass is 432 g/mol. The van der Waals surface area contributed by atoms with Crippen LogP contribution in [0.5, 0.6) is 0 Å². The topological polar surface area (TPSA) is 98.0 Å². The third kappa shape index (κ3) is 3.45. The number of fused-ring (bicyclic) bond motifs is 5. The molecular formula is C26H40O5. The van der Waals surface area contributed by atoms with Gasteiger partial charge in [0.1, 0.15) is 5.60 Å². The van der Waals surface area contributed by atoms with Gasteiger partial charge in [-0.25, -0.2) is 0 Å². The highest BCUT2D eigenvalue weighted by molar-refractivity contribution is 5.66. The Morgan fingerprint density at radius 1 is 1.16 bits per heavy atom. The summed E-state index contributed by atoms with van der Waals surface area (Å²) in [5.41, 5.74) is -1.38. The highest BCUT2D eigenvalue weighted by Gasteiger charge is 2.66. The zero-order valence-electron chi connectivity index (χ0n) is 19.3. The van der Waals surface area contributed by atoms with Crippen molar-refractivity contribution in [2.75, 3.05) is 0 Å². The third-order valence-corrected chi connectivity index (χ3v) is 10.7. The van der Waals surface area contributed by atoms with Crippen molar-refractivity contribution in [3.63, 3.8) is 0 Å². The summed E-state index contributed by atoms with van der Waals surface area (Å²) < 4.78 is 0. The van der Waals surface area contributed by atoms with Crippen molar-refractivity contribution < 1.29 is 25.2 Å². The minimum atomic E-state index is -1.07. The molecule has 31 heavy (non-hydrogen) atoms. The maximum atomic E-state index is 11.5. The Hall–Kier alpha value is -1.09. The van der Waals surface area contributed by atoms with Crippen LogP contribution in [0.4, 0.5) is 0 Å². The minimum Gasteiger partial charge on any atom is -0.481 e. The van der Waals surface area contributed by atoms with Gasteiger partial charge in [-0.15, -0.1) is 6.42 Å². The average molecular weight is 433 g/mol. The molecule has 4 aliphatic carbocycles. The zero-order valence-corrected chi connectivity index (χ0v) is 19.3. The molecule has 4 aliphatic rings. The van der Waals surface area contributed by atoms with Crippen molar-refractivity contribution in [3.05, 3.63) is 0 Å². The number of hydrogen-bond donors (Lipinski definition) is 4. The molecule has 0 unspecified atom stereocenters. The van der Waals surface area contributed by atoms with Crippen LogP contribution in [0.3, 0.4) is 0 Å². The predicted octanol–water partition coefficient (Wildman–Crippen LogP) is 3.45. The van der Waals surface area contributed by atoms with Crippen LogP contribution in [0.2, 0.25) is 0 Å². The summed E-state index contributed by atoms with van der Waals surface area (Å²) in [6, 6.07) is 0. The highest BCUT2D eigenvalue weighted by atomic mass is 16.4. The second-order valence-corrected chi connectivity index (χ2v) is 11.9. The first-order chi connectivity index (χ1) is 14.5. The molecular weight excluding hydrogens is 392 g/mol. The SMILES string of the molecule is C#C[C@@]1(O)CC[C@@]2(C)[C@H](C[C@@H](O)[C@@H]3[C@@H]2C[C@H](O)[C@]2(C)[C@@H]([C@H](C)CCC(=O)O)CC[C@@H]32)C1. The van der Waals surface area contributed by atoms with E-state index in [1.54, 1.807) is 0 Å². The second kappa shape index (κ2) is 7.75. The lowest BCUT2D eigenvalue weighted by Gasteiger charge is -2.64. The molecule has 0 aliphatic heterocycles. The molecule has 0 amide bonds. The number of aliphatic carboxylic acids is 1. The van der Waals surface area contributed by atoms with Crippen molar-refractivity contribution in [2.24, 2.45) is 46.3 Å². The second-order valence-electron chi connectivity index (χ2n) is 11.9. The van der Waals surface area contributed by atoms with Crippen LogP contribution >= 0.6 is 0 Å². The lowest BCUT2D eigenvalue weighted by Crippen LogP contribution is -2.63. The van der Waals surface area contributed by atoms with Crippen molar-refractivity contribution in [3.8, 4) is 12.3 Å². The molecule has 4 N–H and O–H groups in total. The summed E-state index contributed by atoms with van der Waals surface area (Å²) in [7, 11) is 0. The largest absolute Gasteiger partial charge is 0.481 e. The third-order valence-electron chi connectivity index (χ3n) is 10.7. The van der Waals surface area contributed by atoms with E-state index in [1.165, 1.54) is 0 Å².